The van der Waals surface area contributed by atoms with Gasteiger partial charge in [0.1, 0.15) is 0 Å². The maximum absolute atomic E-state index is 5.86. The summed E-state index contributed by atoms with van der Waals surface area (Å²) in [6.07, 6.45) is 8.43. The lowest BCUT2D eigenvalue weighted by atomic mass is 10.0. The third kappa shape index (κ3) is 3.48. The van der Waals surface area contributed by atoms with Crippen LogP contribution in [0.1, 0.15) is 31.7 Å². The minimum atomic E-state index is 0.529. The van der Waals surface area contributed by atoms with Gasteiger partial charge in [0.2, 0.25) is 0 Å². The van der Waals surface area contributed by atoms with Crippen LogP contribution in [0.15, 0.2) is 12.4 Å². The first-order valence-electron chi connectivity index (χ1n) is 7.37. The normalized spacial score (nSPS) is 22.5. The molecule has 19 heavy (non-hydrogen) atoms. The molecule has 5 heteroatoms. The van der Waals surface area contributed by atoms with Gasteiger partial charge in [-0.1, -0.05) is 0 Å². The van der Waals surface area contributed by atoms with Crippen LogP contribution in [0.5, 0.6) is 5.75 Å². The number of aromatic nitrogens is 2. The summed E-state index contributed by atoms with van der Waals surface area (Å²) in [4.78, 5) is 0. The molecule has 0 saturated carbocycles. The number of ether oxygens (including phenoxy) is 2. The predicted molar refractivity (Wildman–Crippen MR) is 72.4 cm³/mol. The summed E-state index contributed by atoms with van der Waals surface area (Å²) in [7, 11) is 0. The number of hydrogen-bond donors (Lipinski definition) is 1. The zero-order chi connectivity index (χ0) is 12.9. The molecule has 3 rings (SSSR count). The molecule has 1 aromatic rings. The summed E-state index contributed by atoms with van der Waals surface area (Å²) in [5, 5.41) is 7.82. The van der Waals surface area contributed by atoms with Crippen molar-refractivity contribution in [1.82, 2.24) is 15.1 Å². The highest BCUT2D eigenvalue weighted by molar-refractivity contribution is 5.12. The first kappa shape index (κ1) is 12.9. The summed E-state index contributed by atoms with van der Waals surface area (Å²) in [6, 6.07) is 0.529. The SMILES string of the molecule is c1nn(C2CCNCC2)cc1OCC1CCOCC1. The molecule has 2 aliphatic heterocycles. The second-order valence-electron chi connectivity index (χ2n) is 5.50. The Morgan fingerprint density at radius 2 is 2.05 bits per heavy atom. The molecule has 3 heterocycles. The molecule has 2 aliphatic rings. The predicted octanol–water partition coefficient (Wildman–Crippen LogP) is 1.61. The van der Waals surface area contributed by atoms with Crippen LogP contribution < -0.4 is 10.1 Å². The van der Waals surface area contributed by atoms with Crippen LogP contribution in [0.25, 0.3) is 0 Å². The Balaban J connectivity index is 1.49. The van der Waals surface area contributed by atoms with Crippen LogP contribution in [0.3, 0.4) is 0 Å². The first-order chi connectivity index (χ1) is 9.42. The summed E-state index contributed by atoms with van der Waals surface area (Å²) in [5.41, 5.74) is 0. The van der Waals surface area contributed by atoms with Gasteiger partial charge >= 0.3 is 0 Å². The minimum absolute atomic E-state index is 0.529. The first-order valence-corrected chi connectivity index (χ1v) is 7.37. The second kappa shape index (κ2) is 6.39. The topological polar surface area (TPSA) is 48.3 Å². The highest BCUT2D eigenvalue weighted by Gasteiger charge is 2.17. The average molecular weight is 265 g/mol. The van der Waals surface area contributed by atoms with Crippen LogP contribution in [-0.4, -0.2) is 42.7 Å². The van der Waals surface area contributed by atoms with Gasteiger partial charge in [0.15, 0.2) is 5.75 Å². The van der Waals surface area contributed by atoms with Gasteiger partial charge in [0.05, 0.1) is 25.0 Å². The highest BCUT2D eigenvalue weighted by Crippen LogP contribution is 2.22. The smallest absolute Gasteiger partial charge is 0.157 e. The molecule has 1 N–H and O–H groups in total. The van der Waals surface area contributed by atoms with E-state index in [1.165, 1.54) is 0 Å². The maximum Gasteiger partial charge on any atom is 0.157 e. The van der Waals surface area contributed by atoms with Gasteiger partial charge in [-0.05, 0) is 44.7 Å². The molecular weight excluding hydrogens is 242 g/mol. The van der Waals surface area contributed by atoms with Gasteiger partial charge in [0, 0.05) is 13.2 Å². The Morgan fingerprint density at radius 3 is 2.84 bits per heavy atom. The lowest BCUT2D eigenvalue weighted by Gasteiger charge is -2.23. The van der Waals surface area contributed by atoms with Crippen molar-refractivity contribution in [3.63, 3.8) is 0 Å². The lowest BCUT2D eigenvalue weighted by Crippen LogP contribution is -2.29. The summed E-state index contributed by atoms with van der Waals surface area (Å²) < 4.78 is 13.3. The van der Waals surface area contributed by atoms with E-state index >= 15 is 0 Å². The number of rotatable bonds is 4. The zero-order valence-corrected chi connectivity index (χ0v) is 11.4. The molecule has 0 radical (unpaired) electrons. The van der Waals surface area contributed by atoms with Crippen molar-refractivity contribution in [3.05, 3.63) is 12.4 Å². The highest BCUT2D eigenvalue weighted by atomic mass is 16.5. The Labute approximate surface area is 114 Å². The fourth-order valence-electron chi connectivity index (χ4n) is 2.79. The third-order valence-corrected chi connectivity index (χ3v) is 4.09. The largest absolute Gasteiger partial charge is 0.490 e. The van der Waals surface area contributed by atoms with E-state index in [2.05, 4.69) is 21.3 Å². The molecule has 0 atom stereocenters. The number of piperidine rings is 1. The number of nitrogens with zero attached hydrogens (tertiary/aromatic N) is 2. The molecule has 0 bridgehead atoms. The lowest BCUT2D eigenvalue weighted by molar-refractivity contribution is 0.0497. The monoisotopic (exact) mass is 265 g/mol. The van der Waals surface area contributed by atoms with E-state index in [9.17, 15) is 0 Å². The van der Waals surface area contributed by atoms with E-state index in [-0.39, 0.29) is 0 Å². The molecule has 0 aromatic carbocycles. The summed E-state index contributed by atoms with van der Waals surface area (Å²) >= 11 is 0. The van der Waals surface area contributed by atoms with Crippen molar-refractivity contribution in [2.24, 2.45) is 5.92 Å². The Morgan fingerprint density at radius 1 is 1.26 bits per heavy atom. The van der Waals surface area contributed by atoms with E-state index in [0.29, 0.717) is 12.0 Å². The van der Waals surface area contributed by atoms with Crippen LogP contribution >= 0.6 is 0 Å². The van der Waals surface area contributed by atoms with Gasteiger partial charge in [-0.3, -0.25) is 4.68 Å². The molecule has 0 aliphatic carbocycles. The molecule has 106 valence electrons. The molecule has 5 nitrogen and oxygen atoms in total. The van der Waals surface area contributed by atoms with Gasteiger partial charge in [-0.25, -0.2) is 0 Å². The fourth-order valence-corrected chi connectivity index (χ4v) is 2.79. The van der Waals surface area contributed by atoms with Crippen molar-refractivity contribution >= 4 is 0 Å². The fraction of sp³-hybridized carbons (Fsp3) is 0.786. The van der Waals surface area contributed by atoms with Crippen molar-refractivity contribution in [3.8, 4) is 5.75 Å². The van der Waals surface area contributed by atoms with Crippen LogP contribution in [0, 0.1) is 5.92 Å². The van der Waals surface area contributed by atoms with E-state index in [1.54, 1.807) is 0 Å². The van der Waals surface area contributed by atoms with Crippen molar-refractivity contribution in [2.75, 3.05) is 32.9 Å². The Bertz CT molecular complexity index is 382. The van der Waals surface area contributed by atoms with Gasteiger partial charge < -0.3 is 14.8 Å². The minimum Gasteiger partial charge on any atom is -0.490 e. The zero-order valence-electron chi connectivity index (χ0n) is 11.4. The number of nitrogens with one attached hydrogen (secondary N) is 1. The van der Waals surface area contributed by atoms with Crippen LogP contribution in [0.4, 0.5) is 0 Å². The van der Waals surface area contributed by atoms with Crippen molar-refractivity contribution in [2.45, 2.75) is 31.7 Å². The van der Waals surface area contributed by atoms with Crippen molar-refractivity contribution in [1.29, 1.82) is 0 Å². The van der Waals surface area contributed by atoms with Gasteiger partial charge in [0.25, 0.3) is 0 Å². The van der Waals surface area contributed by atoms with Crippen LogP contribution in [0.2, 0.25) is 0 Å². The molecular formula is C14H23N3O2. The van der Waals surface area contributed by atoms with E-state index < -0.39 is 0 Å². The Kier molecular flexibility index (Phi) is 4.35. The van der Waals surface area contributed by atoms with Gasteiger partial charge in [-0.15, -0.1) is 0 Å². The second-order valence-corrected chi connectivity index (χ2v) is 5.50. The summed E-state index contributed by atoms with van der Waals surface area (Å²) in [6.45, 7) is 4.72. The number of hydrogen-bond acceptors (Lipinski definition) is 4. The molecule has 0 amide bonds. The van der Waals surface area contributed by atoms with E-state index in [4.69, 9.17) is 9.47 Å². The molecule has 1 aromatic heterocycles. The quantitative estimate of drug-likeness (QED) is 0.898. The maximum atomic E-state index is 5.86. The van der Waals surface area contributed by atoms with Gasteiger partial charge in [-0.2, -0.15) is 5.10 Å². The molecule has 2 saturated heterocycles. The van der Waals surface area contributed by atoms with E-state index in [1.807, 2.05) is 6.20 Å². The average Bonchev–Trinajstić information content (AvgIpc) is 2.96. The summed E-state index contributed by atoms with van der Waals surface area (Å²) in [5.74, 6) is 1.54. The van der Waals surface area contributed by atoms with Crippen LogP contribution in [-0.2, 0) is 4.74 Å². The van der Waals surface area contributed by atoms with Crippen molar-refractivity contribution < 1.29 is 9.47 Å². The Hall–Kier alpha value is -1.07. The molecule has 2 fully saturated rings. The van der Waals surface area contributed by atoms with E-state index in [0.717, 1.165) is 64.3 Å². The third-order valence-electron chi connectivity index (χ3n) is 4.09. The molecule has 0 spiro atoms. The standard InChI is InChI=1S/C14H23N3O2/c1-5-15-6-2-13(1)17-10-14(9-16-17)19-11-12-3-7-18-8-4-12/h9-10,12-13,15H,1-8,11H2. The molecule has 0 unspecified atom stereocenters.